The maximum absolute atomic E-state index is 12.0. The number of nitrogens with one attached hydrogen (secondary N) is 1. The van der Waals surface area contributed by atoms with Crippen LogP contribution in [0.1, 0.15) is 382 Å². The van der Waals surface area contributed by atoms with Crippen molar-refractivity contribution in [1.82, 2.24) is 5.32 Å². The molecule has 2 aromatic carbocycles. The molecule has 0 radical (unpaired) electrons. The number of hydrogen-bond acceptors (Lipinski definition) is 12. The molecule has 0 spiro atoms. The standard InChI is InChI=1S/C21H31N3O.C19H28O.C16H28O2.C16H30O2.C14H24O.C13H25O4P.C13H28O/c1-16(10-9-13-21(3,4)5)17(2)14-19(25)24-20(22)23-15-18-11-7-6-8-12-18;1-15(10-9-13-19(3,4)5)16(2)14-18(20)17-11-7-6-8-12-17;1-13(8-6-7-9-16(3,4)5)14(2)12-15-17-10-11-18-15;1-13(10-8-9-11-16(3,4)5)14(2)12-15(17-6)18-7;1-12(13(2)9-11-15)8-6-7-10-14(3,4)5;1-11(7-6-9-13(3,4)5)12(2)8-10-17-18(14,15)16;1-11(12(2)8-10-14)7-6-9-13(3,4)5/h6-8,10-12,14H,9,13,15H2,1-5H3,(H3,22,23,24,25);6-8,10-12,14,18,20H,9,13H2,1-5H3;8,12,15H,6-7,9-11H2,1-5H3;10,12,15H,8-9,11H2,1-7H3;8-9,11H,6-7,10H2,1-5H3;7-8H,6,9-10H2,1-5H3,(H2,14,15,16);11-12,14H,6-10H2,1-5H3/p-1/b16-10+,17-14+;15-10+,16-14+;13-8+,14-12+;13-10+,14-12+;12-8+,13-9+;11-7+,12-8+;. The van der Waals surface area contributed by atoms with Crippen LogP contribution in [0.3, 0.4) is 0 Å². The third-order valence-electron chi connectivity index (χ3n) is 21.9. The zero-order valence-corrected chi connectivity index (χ0v) is 89.5. The molecule has 0 aromatic heterocycles. The Morgan fingerprint density at radius 2 is 0.836 bits per heavy atom. The number of phosphoric acid groups is 1. The van der Waals surface area contributed by atoms with Gasteiger partial charge in [-0.1, -0.05) is 314 Å². The molecule has 4 unspecified atom stereocenters. The van der Waals surface area contributed by atoms with Gasteiger partial charge in [0.1, 0.15) is 6.29 Å². The number of carbonyl (C=O) groups is 2. The van der Waals surface area contributed by atoms with E-state index in [0.29, 0.717) is 70.2 Å². The van der Waals surface area contributed by atoms with Crippen LogP contribution in [0.15, 0.2) is 205 Å². The molecular weight excluding hydrogens is 1610 g/mol. The van der Waals surface area contributed by atoms with Gasteiger partial charge in [0.2, 0.25) is 0 Å². The molecule has 1 heterocycles. The molecule has 1 fully saturated rings. The number of methoxy groups -OCH3 is 2. The van der Waals surface area contributed by atoms with Gasteiger partial charge in [-0.15, -0.1) is 0 Å². The number of phosphoric ester groups is 1. The molecule has 15 nitrogen and oxygen atoms in total. The summed E-state index contributed by atoms with van der Waals surface area (Å²) in [5.41, 5.74) is 24.4. The number of rotatable bonds is 40. The lowest BCUT2D eigenvalue weighted by molar-refractivity contribution is -0.218. The summed E-state index contributed by atoms with van der Waals surface area (Å²) < 4.78 is 35.8. The van der Waals surface area contributed by atoms with Crippen LogP contribution in [-0.4, -0.2) is 86.5 Å². The van der Waals surface area contributed by atoms with E-state index in [9.17, 15) is 24.2 Å². The van der Waals surface area contributed by atoms with E-state index in [-0.39, 0.29) is 31.1 Å². The van der Waals surface area contributed by atoms with Gasteiger partial charge in [0, 0.05) is 26.9 Å². The van der Waals surface area contributed by atoms with Gasteiger partial charge in [-0.2, -0.15) is 0 Å². The predicted molar refractivity (Wildman–Crippen MR) is 551 cm³/mol. The van der Waals surface area contributed by atoms with E-state index in [2.05, 4.69) is 265 Å². The van der Waals surface area contributed by atoms with Gasteiger partial charge in [-0.25, -0.2) is 4.99 Å². The highest BCUT2D eigenvalue weighted by Gasteiger charge is 2.19. The monoisotopic (exact) mass is 1800 g/mol. The number of amides is 1. The number of aliphatic hydroxyl groups is 2. The summed E-state index contributed by atoms with van der Waals surface area (Å²) >= 11 is 0. The quantitative estimate of drug-likeness (QED) is 0.00612. The number of aldehydes is 1. The summed E-state index contributed by atoms with van der Waals surface area (Å²) in [6.45, 7) is 78.7. The Labute approximate surface area is 786 Å². The molecule has 0 bridgehead atoms. The van der Waals surface area contributed by atoms with Crippen LogP contribution < -0.4 is 15.9 Å². The number of nitrogens with two attached hydrogens (primary N) is 1. The number of allylic oxidation sites excluding steroid dienone is 19. The van der Waals surface area contributed by atoms with Crippen LogP contribution in [0.2, 0.25) is 0 Å². The second-order valence-corrected chi connectivity index (χ2v) is 44.6. The molecule has 1 amide bonds. The topological polar surface area (TPSA) is 232 Å². The minimum Gasteiger partial charge on any atom is -0.756 e. The Kier molecular flexibility index (Phi) is 68.8. The number of nitrogens with zero attached hydrogens (tertiary/aromatic N) is 1. The van der Waals surface area contributed by atoms with Gasteiger partial charge in [0.05, 0.1) is 32.5 Å². The first-order chi connectivity index (χ1) is 58.9. The number of carbonyl (C=O) groups excluding carboxylic acids is 2. The highest BCUT2D eigenvalue weighted by molar-refractivity contribution is 7.44. The fraction of sp³-hybridized carbons (Fsp3) is 0.652. The highest BCUT2D eigenvalue weighted by atomic mass is 31.2. The molecular formula is C112H193N3O12P-. The lowest BCUT2D eigenvalue weighted by atomic mass is 9.84. The number of hydrogen-bond donors (Lipinski definition) is 5. The molecule has 2 aromatic rings. The first-order valence-corrected chi connectivity index (χ1v) is 48.9. The molecule has 3 rings (SSSR count). The van der Waals surface area contributed by atoms with Crippen LogP contribution in [0.4, 0.5) is 0 Å². The Morgan fingerprint density at radius 1 is 0.492 bits per heavy atom. The SMILES string of the molecule is CC(=C\C=O)/C(C)=C/CCCC(C)(C)C.CC(=C\CCC(C)(C)C)/C(C)=C/C(=O)NC(N)=NCc1ccccc1.CC(=C\CCC(C)(C)C)/C(C)=C/C(O)c1ccccc1.CC(=C\CCC(C)(C)C)/C(C)=C/COP(=O)([O-])O.CC(=C\CCCC(C)(C)C)/C(C)=C/C1OCCO1.CC(CCO)C(C)CCCC(C)(C)C.COC(/C=C(C)/C(C)=C/CCCC(C)(C)C)OC. The van der Waals surface area contributed by atoms with Crippen molar-refractivity contribution in [3.8, 4) is 0 Å². The second kappa shape index (κ2) is 68.8. The zero-order chi connectivity index (χ0) is 99.3. The highest BCUT2D eigenvalue weighted by Crippen LogP contribution is 2.33. The number of ether oxygens (including phenoxy) is 4. The van der Waals surface area contributed by atoms with Gasteiger partial charge >= 0.3 is 0 Å². The first kappa shape index (κ1) is 128. The Hall–Kier alpha value is -6.20. The van der Waals surface area contributed by atoms with Crippen molar-refractivity contribution in [3.63, 3.8) is 0 Å². The van der Waals surface area contributed by atoms with E-state index in [1.54, 1.807) is 32.4 Å². The van der Waals surface area contributed by atoms with E-state index >= 15 is 0 Å². The first-order valence-electron chi connectivity index (χ1n) is 47.4. The average molecular weight is 1800 g/mol. The van der Waals surface area contributed by atoms with Crippen LogP contribution in [0.25, 0.3) is 0 Å². The van der Waals surface area contributed by atoms with Gasteiger partial charge < -0.3 is 49.2 Å². The maximum Gasteiger partial charge on any atom is 0.265 e. The fourth-order valence-corrected chi connectivity index (χ4v) is 12.4. The zero-order valence-electron chi connectivity index (χ0n) is 88.6. The van der Waals surface area contributed by atoms with Crippen molar-refractivity contribution >= 4 is 26.0 Å². The Balaban J connectivity index is -0.000000706. The van der Waals surface area contributed by atoms with Gasteiger partial charge in [-0.3, -0.25) is 19.5 Å². The summed E-state index contributed by atoms with van der Waals surface area (Å²) in [6, 6.07) is 19.5. The summed E-state index contributed by atoms with van der Waals surface area (Å²) in [5, 5.41) is 21.6. The molecule has 0 aliphatic carbocycles. The lowest BCUT2D eigenvalue weighted by Crippen LogP contribution is -2.35. The fourth-order valence-electron chi connectivity index (χ4n) is 12.1. The maximum atomic E-state index is 12.0. The minimum absolute atomic E-state index is 0.131. The second-order valence-electron chi connectivity index (χ2n) is 43.4. The number of benzene rings is 2. The number of unbranched alkanes of at least 4 members (excludes halogenated alkanes) is 3. The molecule has 4 atom stereocenters. The van der Waals surface area contributed by atoms with Gasteiger partial charge in [-0.05, 0) is 305 Å². The minimum atomic E-state index is -4.61. The lowest BCUT2D eigenvalue weighted by Gasteiger charge is -2.22. The van der Waals surface area contributed by atoms with Crippen LogP contribution in [0.5, 0.6) is 0 Å². The molecule has 6 N–H and O–H groups in total. The van der Waals surface area contributed by atoms with Crippen molar-refractivity contribution in [2.75, 3.05) is 40.6 Å². The summed E-state index contributed by atoms with van der Waals surface area (Å²) in [4.78, 5) is 45.3. The van der Waals surface area contributed by atoms with Crippen LogP contribution in [-0.2, 0) is 44.2 Å². The van der Waals surface area contributed by atoms with Crippen LogP contribution in [0, 0.1) is 49.7 Å². The number of aliphatic imine (C=N–C) groups is 1. The van der Waals surface area contributed by atoms with Crippen molar-refractivity contribution in [1.29, 1.82) is 0 Å². The van der Waals surface area contributed by atoms with Crippen molar-refractivity contribution < 1.29 is 57.6 Å². The summed E-state index contributed by atoms with van der Waals surface area (Å²) in [5.74, 6) is 1.30. The van der Waals surface area contributed by atoms with Crippen molar-refractivity contribution in [3.05, 3.63) is 212 Å². The molecule has 1 aliphatic heterocycles. The predicted octanol–water partition coefficient (Wildman–Crippen LogP) is 30.3. The molecule has 128 heavy (non-hydrogen) atoms. The van der Waals surface area contributed by atoms with E-state index < -0.39 is 13.9 Å². The number of aliphatic hydroxyl groups excluding tert-OH is 2. The van der Waals surface area contributed by atoms with E-state index in [0.717, 1.165) is 115 Å². The largest absolute Gasteiger partial charge is 0.756 e. The average Bonchev–Trinajstić information content (AvgIpc) is 1.05. The van der Waals surface area contributed by atoms with Gasteiger partial charge in [0.25, 0.3) is 13.7 Å². The molecule has 1 aliphatic rings. The molecule has 1 saturated heterocycles. The Morgan fingerprint density at radius 3 is 1.22 bits per heavy atom. The third-order valence-corrected chi connectivity index (χ3v) is 22.4. The Bertz CT molecular complexity index is 3740. The smallest absolute Gasteiger partial charge is 0.265 e. The molecule has 734 valence electrons. The summed E-state index contributed by atoms with van der Waals surface area (Å²) in [6.07, 6.45) is 46.5. The normalized spacial score (nSPS) is 15.8. The van der Waals surface area contributed by atoms with Crippen molar-refractivity contribution in [2.45, 2.75) is 390 Å². The van der Waals surface area contributed by atoms with Gasteiger partial charge in [0.15, 0.2) is 18.5 Å². The van der Waals surface area contributed by atoms with E-state index in [1.165, 1.54) is 97.6 Å². The van der Waals surface area contributed by atoms with E-state index in [4.69, 9.17) is 34.7 Å². The number of guanidine groups is 1. The third kappa shape index (κ3) is 82.9. The van der Waals surface area contributed by atoms with Crippen molar-refractivity contribution in [2.24, 2.45) is 60.5 Å². The molecule has 0 saturated carbocycles. The van der Waals surface area contributed by atoms with E-state index in [1.807, 2.05) is 107 Å². The van der Waals surface area contributed by atoms with Crippen LogP contribution >= 0.6 is 7.82 Å². The summed E-state index contributed by atoms with van der Waals surface area (Å²) in [7, 11) is -1.30. The molecule has 16 heteroatoms.